The summed E-state index contributed by atoms with van der Waals surface area (Å²) in [5.74, 6) is 0.264. The van der Waals surface area contributed by atoms with Gasteiger partial charge in [0.05, 0.1) is 0 Å². The van der Waals surface area contributed by atoms with Gasteiger partial charge in [-0.25, -0.2) is 0 Å². The zero-order valence-corrected chi connectivity index (χ0v) is 8.60. The standard InChI is InChI=1S/C9H12OSe/c1-3-9-5-8(6-11-9)4-7(2)10/h5-6H,3-4H2,1-2H3. The van der Waals surface area contributed by atoms with Crippen LogP contribution >= 0.6 is 0 Å². The van der Waals surface area contributed by atoms with Gasteiger partial charge in [0.25, 0.3) is 0 Å². The Labute approximate surface area is 73.2 Å². The fraction of sp³-hybridized carbons (Fsp3) is 0.444. The number of Topliss-reactive ketones (excluding diaryl/α,β-unsaturated/α-hetero) is 1. The van der Waals surface area contributed by atoms with Gasteiger partial charge in [-0.15, -0.1) is 0 Å². The molecule has 60 valence electrons. The van der Waals surface area contributed by atoms with Crippen molar-refractivity contribution in [1.29, 1.82) is 0 Å². The van der Waals surface area contributed by atoms with Crippen molar-refractivity contribution in [2.24, 2.45) is 0 Å². The van der Waals surface area contributed by atoms with Crippen molar-refractivity contribution in [2.75, 3.05) is 0 Å². The molecule has 0 bridgehead atoms. The Morgan fingerprint density at radius 2 is 2.36 bits per heavy atom. The van der Waals surface area contributed by atoms with Gasteiger partial charge in [-0.05, 0) is 0 Å². The summed E-state index contributed by atoms with van der Waals surface area (Å²) in [4.78, 5) is 12.9. The van der Waals surface area contributed by atoms with Gasteiger partial charge in [0, 0.05) is 0 Å². The number of aryl methyl sites for hydroxylation is 1. The van der Waals surface area contributed by atoms with Gasteiger partial charge in [0.15, 0.2) is 0 Å². The number of carbonyl (C=O) groups is 1. The van der Waals surface area contributed by atoms with E-state index in [0.29, 0.717) is 20.9 Å². The number of hydrogen-bond donors (Lipinski definition) is 0. The zero-order chi connectivity index (χ0) is 8.27. The second-order valence-corrected chi connectivity index (χ2v) is 4.74. The molecule has 1 aromatic heterocycles. The van der Waals surface area contributed by atoms with Crippen molar-refractivity contribution in [3.05, 3.63) is 21.0 Å². The van der Waals surface area contributed by atoms with E-state index in [0.717, 1.165) is 6.42 Å². The summed E-state index contributed by atoms with van der Waals surface area (Å²) < 4.78 is 1.51. The van der Waals surface area contributed by atoms with E-state index in [1.54, 1.807) is 6.92 Å². The fourth-order valence-electron chi connectivity index (χ4n) is 0.992. The van der Waals surface area contributed by atoms with Gasteiger partial charge in [0.1, 0.15) is 0 Å². The second kappa shape index (κ2) is 3.89. The van der Waals surface area contributed by atoms with Crippen LogP contribution in [0.3, 0.4) is 0 Å². The number of hydrogen-bond acceptors (Lipinski definition) is 1. The van der Waals surface area contributed by atoms with Gasteiger partial charge in [-0.2, -0.15) is 0 Å². The number of rotatable bonds is 3. The van der Waals surface area contributed by atoms with Gasteiger partial charge < -0.3 is 0 Å². The first-order chi connectivity index (χ1) is 5.22. The third-order valence-corrected chi connectivity index (χ3v) is 3.88. The Balaban J connectivity index is 2.65. The zero-order valence-electron chi connectivity index (χ0n) is 6.89. The molecule has 0 aliphatic rings. The minimum atomic E-state index is 0.264. The van der Waals surface area contributed by atoms with Gasteiger partial charge in [0.2, 0.25) is 0 Å². The average molecular weight is 215 g/mol. The van der Waals surface area contributed by atoms with E-state index in [4.69, 9.17) is 0 Å². The Kier molecular flexibility index (Phi) is 3.10. The van der Waals surface area contributed by atoms with E-state index in [1.807, 2.05) is 0 Å². The fourth-order valence-corrected chi connectivity index (χ4v) is 2.75. The minimum absolute atomic E-state index is 0.264. The molecule has 0 saturated heterocycles. The van der Waals surface area contributed by atoms with E-state index >= 15 is 0 Å². The maximum absolute atomic E-state index is 10.7. The summed E-state index contributed by atoms with van der Waals surface area (Å²) in [5, 5.41) is 0. The summed E-state index contributed by atoms with van der Waals surface area (Å²) in [7, 11) is 0. The van der Waals surface area contributed by atoms with E-state index in [1.165, 1.54) is 10.0 Å². The maximum atomic E-state index is 10.7. The molecule has 0 aromatic carbocycles. The molecule has 0 aliphatic heterocycles. The van der Waals surface area contributed by atoms with Gasteiger partial charge in [-0.3, -0.25) is 0 Å². The first-order valence-electron chi connectivity index (χ1n) is 3.78. The summed E-state index contributed by atoms with van der Waals surface area (Å²) in [6.07, 6.45) is 1.77. The second-order valence-electron chi connectivity index (χ2n) is 2.65. The molecule has 1 aromatic rings. The van der Waals surface area contributed by atoms with Gasteiger partial charge in [-0.1, -0.05) is 0 Å². The SMILES string of the molecule is CCc1cc(CC(C)=O)c[se]1. The summed E-state index contributed by atoms with van der Waals surface area (Å²) in [6.45, 7) is 3.81. The van der Waals surface area contributed by atoms with Crippen LogP contribution in [-0.2, 0) is 17.6 Å². The average Bonchev–Trinajstić information content (AvgIpc) is 2.34. The summed E-state index contributed by atoms with van der Waals surface area (Å²) in [6, 6.07) is 2.18. The Bertz CT molecular complexity index is 250. The molecule has 0 unspecified atom stereocenters. The van der Waals surface area contributed by atoms with Crippen LogP contribution < -0.4 is 0 Å². The Morgan fingerprint density at radius 3 is 2.82 bits per heavy atom. The van der Waals surface area contributed by atoms with E-state index in [2.05, 4.69) is 17.9 Å². The quantitative estimate of drug-likeness (QED) is 0.697. The predicted molar refractivity (Wildman–Crippen MR) is 47.1 cm³/mol. The van der Waals surface area contributed by atoms with Crippen LogP contribution in [-0.4, -0.2) is 20.3 Å². The third kappa shape index (κ3) is 2.64. The normalized spacial score (nSPS) is 10.0. The molecule has 0 saturated carbocycles. The molecule has 0 amide bonds. The van der Waals surface area contributed by atoms with Crippen molar-refractivity contribution < 1.29 is 4.79 Å². The van der Waals surface area contributed by atoms with E-state index in [-0.39, 0.29) is 5.78 Å². The molecule has 2 heteroatoms. The molecule has 1 nitrogen and oxygen atoms in total. The first-order valence-corrected chi connectivity index (χ1v) is 5.62. The van der Waals surface area contributed by atoms with Crippen LogP contribution in [0.4, 0.5) is 0 Å². The molecular formula is C9H12OSe. The molecule has 1 heterocycles. The molecule has 0 spiro atoms. The topological polar surface area (TPSA) is 17.1 Å². The molecule has 0 radical (unpaired) electrons. The molecule has 0 aliphatic carbocycles. The molecular weight excluding hydrogens is 203 g/mol. The molecule has 11 heavy (non-hydrogen) atoms. The van der Waals surface area contributed by atoms with E-state index in [9.17, 15) is 4.79 Å². The van der Waals surface area contributed by atoms with Crippen LogP contribution in [0.1, 0.15) is 23.8 Å². The summed E-state index contributed by atoms with van der Waals surface area (Å²) >= 11 is 0.541. The van der Waals surface area contributed by atoms with Gasteiger partial charge >= 0.3 is 72.8 Å². The van der Waals surface area contributed by atoms with Crippen LogP contribution in [0.25, 0.3) is 0 Å². The predicted octanol–water partition coefficient (Wildman–Crippen LogP) is 1.44. The molecule has 0 atom stereocenters. The monoisotopic (exact) mass is 216 g/mol. The van der Waals surface area contributed by atoms with Crippen molar-refractivity contribution in [3.63, 3.8) is 0 Å². The number of ketones is 1. The van der Waals surface area contributed by atoms with Crippen LogP contribution in [0, 0.1) is 0 Å². The number of carbonyl (C=O) groups excluding carboxylic acids is 1. The van der Waals surface area contributed by atoms with Crippen molar-refractivity contribution >= 4 is 20.3 Å². The van der Waals surface area contributed by atoms with Crippen molar-refractivity contribution in [3.8, 4) is 0 Å². The van der Waals surface area contributed by atoms with Crippen molar-refractivity contribution in [2.45, 2.75) is 26.7 Å². The molecule has 0 fully saturated rings. The van der Waals surface area contributed by atoms with Crippen LogP contribution in [0.15, 0.2) is 11.0 Å². The van der Waals surface area contributed by atoms with Crippen LogP contribution in [0.2, 0.25) is 0 Å². The van der Waals surface area contributed by atoms with Crippen molar-refractivity contribution in [1.82, 2.24) is 0 Å². The molecule has 0 N–H and O–H groups in total. The Hall–Kier alpha value is -0.331. The van der Waals surface area contributed by atoms with E-state index < -0.39 is 0 Å². The first kappa shape index (κ1) is 8.76. The Morgan fingerprint density at radius 1 is 1.64 bits per heavy atom. The molecule has 1 rings (SSSR count). The summed E-state index contributed by atoms with van der Waals surface area (Å²) in [5.41, 5.74) is 1.23. The third-order valence-electron chi connectivity index (χ3n) is 1.51. The van der Waals surface area contributed by atoms with Crippen LogP contribution in [0.5, 0.6) is 0 Å².